The lowest BCUT2D eigenvalue weighted by Crippen LogP contribution is -2.38. The predicted molar refractivity (Wildman–Crippen MR) is 110 cm³/mol. The van der Waals surface area contributed by atoms with Crippen molar-refractivity contribution >= 4 is 17.5 Å². The van der Waals surface area contributed by atoms with Crippen LogP contribution >= 0.6 is 0 Å². The van der Waals surface area contributed by atoms with Crippen molar-refractivity contribution in [3.05, 3.63) is 65.7 Å². The van der Waals surface area contributed by atoms with E-state index in [-0.39, 0.29) is 11.8 Å². The van der Waals surface area contributed by atoms with Crippen molar-refractivity contribution in [3.8, 4) is 0 Å². The van der Waals surface area contributed by atoms with E-state index in [4.69, 9.17) is 0 Å². The Balaban J connectivity index is 2.00. The molecule has 144 valence electrons. The van der Waals surface area contributed by atoms with E-state index in [1.807, 2.05) is 89.2 Å². The largest absolute Gasteiger partial charge is 0.352 e. The van der Waals surface area contributed by atoms with Gasteiger partial charge in [0, 0.05) is 23.1 Å². The van der Waals surface area contributed by atoms with Gasteiger partial charge in [-0.15, -0.1) is 0 Å². The summed E-state index contributed by atoms with van der Waals surface area (Å²) >= 11 is 0. The molecule has 4 heteroatoms. The maximum absolute atomic E-state index is 12.7. The van der Waals surface area contributed by atoms with Crippen LogP contribution in [0.2, 0.25) is 0 Å². The summed E-state index contributed by atoms with van der Waals surface area (Å²) in [5.74, 6) is -0.0185. The summed E-state index contributed by atoms with van der Waals surface area (Å²) in [6.07, 6.45) is 0.590. The van der Waals surface area contributed by atoms with Crippen LogP contribution in [-0.2, 0) is 22.6 Å². The van der Waals surface area contributed by atoms with E-state index in [0.717, 1.165) is 16.8 Å². The molecule has 0 aliphatic heterocycles. The Labute approximate surface area is 162 Å². The summed E-state index contributed by atoms with van der Waals surface area (Å²) in [5.41, 5.74) is 1.84. The summed E-state index contributed by atoms with van der Waals surface area (Å²) in [6.45, 7) is 10.0. The highest BCUT2D eigenvalue weighted by molar-refractivity contribution is 5.94. The molecule has 2 amide bonds. The number of rotatable bonds is 6. The number of amides is 2. The molecule has 0 aliphatic carbocycles. The first-order chi connectivity index (χ1) is 12.6. The monoisotopic (exact) mass is 366 g/mol. The van der Waals surface area contributed by atoms with Crippen LogP contribution in [0.5, 0.6) is 0 Å². The maximum atomic E-state index is 12.7. The molecule has 2 N–H and O–H groups in total. The molecule has 0 spiro atoms. The van der Waals surface area contributed by atoms with Crippen molar-refractivity contribution in [2.75, 3.05) is 5.32 Å². The second-order valence-electron chi connectivity index (χ2n) is 8.63. The molecule has 0 aromatic heterocycles. The zero-order valence-corrected chi connectivity index (χ0v) is 16.9. The lowest BCUT2D eigenvalue weighted by molar-refractivity contribution is -0.129. The van der Waals surface area contributed by atoms with Crippen LogP contribution in [0.15, 0.2) is 54.6 Å². The highest BCUT2D eigenvalue weighted by Gasteiger charge is 2.28. The average molecular weight is 367 g/mol. The van der Waals surface area contributed by atoms with E-state index in [1.165, 1.54) is 0 Å². The zero-order valence-electron chi connectivity index (χ0n) is 16.9. The van der Waals surface area contributed by atoms with Crippen LogP contribution in [0, 0.1) is 10.8 Å². The van der Waals surface area contributed by atoms with Gasteiger partial charge in [0.1, 0.15) is 0 Å². The standard InChI is InChI=1S/C23H30N2O2/c1-22(2,3)20(26)25-19-13-9-12-18(14-19)15-23(4,5)21(27)24-16-17-10-7-6-8-11-17/h6-14H,15-16H2,1-5H3,(H,24,27)(H,25,26). The van der Waals surface area contributed by atoms with Gasteiger partial charge in [0.2, 0.25) is 11.8 Å². The predicted octanol–water partition coefficient (Wildman–Crippen LogP) is 4.56. The van der Waals surface area contributed by atoms with Crippen LogP contribution in [0.1, 0.15) is 45.7 Å². The van der Waals surface area contributed by atoms with E-state index in [0.29, 0.717) is 13.0 Å². The number of benzene rings is 2. The third-order valence-corrected chi connectivity index (χ3v) is 4.42. The Hall–Kier alpha value is -2.62. The fraction of sp³-hybridized carbons (Fsp3) is 0.391. The smallest absolute Gasteiger partial charge is 0.229 e. The van der Waals surface area contributed by atoms with E-state index >= 15 is 0 Å². The minimum atomic E-state index is -0.554. The van der Waals surface area contributed by atoms with E-state index in [2.05, 4.69) is 10.6 Å². The number of hydrogen-bond acceptors (Lipinski definition) is 2. The molecule has 0 unspecified atom stereocenters. The van der Waals surface area contributed by atoms with E-state index in [1.54, 1.807) is 0 Å². The molecule has 27 heavy (non-hydrogen) atoms. The molecule has 2 rings (SSSR count). The number of nitrogens with one attached hydrogen (secondary N) is 2. The highest BCUT2D eigenvalue weighted by Crippen LogP contribution is 2.25. The molecule has 0 aliphatic rings. The van der Waals surface area contributed by atoms with E-state index < -0.39 is 10.8 Å². The fourth-order valence-corrected chi connectivity index (χ4v) is 2.69. The topological polar surface area (TPSA) is 58.2 Å². The lowest BCUT2D eigenvalue weighted by Gasteiger charge is -2.24. The molecule has 0 saturated heterocycles. The first kappa shape index (κ1) is 20.7. The Morgan fingerprint density at radius 2 is 1.44 bits per heavy atom. The molecular weight excluding hydrogens is 336 g/mol. The number of carbonyl (C=O) groups excluding carboxylic acids is 2. The van der Waals surface area contributed by atoms with Crippen LogP contribution < -0.4 is 10.6 Å². The number of anilines is 1. The quantitative estimate of drug-likeness (QED) is 0.787. The van der Waals surface area contributed by atoms with Gasteiger partial charge in [-0.3, -0.25) is 9.59 Å². The lowest BCUT2D eigenvalue weighted by atomic mass is 9.84. The van der Waals surface area contributed by atoms with E-state index in [9.17, 15) is 9.59 Å². The third kappa shape index (κ3) is 6.24. The molecule has 0 fully saturated rings. The zero-order chi connectivity index (χ0) is 20.1. The highest BCUT2D eigenvalue weighted by atomic mass is 16.2. The SMILES string of the molecule is CC(C)(C)C(=O)Nc1cccc(CC(C)(C)C(=O)NCc2ccccc2)c1. The second kappa shape index (κ2) is 8.38. The first-order valence-electron chi connectivity index (χ1n) is 9.30. The molecular formula is C23H30N2O2. The van der Waals surface area contributed by atoms with Crippen molar-refractivity contribution < 1.29 is 9.59 Å². The Morgan fingerprint density at radius 3 is 2.07 bits per heavy atom. The van der Waals surface area contributed by atoms with Gasteiger partial charge in [-0.1, -0.05) is 77.1 Å². The average Bonchev–Trinajstić information content (AvgIpc) is 2.59. The summed E-state index contributed by atoms with van der Waals surface area (Å²) in [6, 6.07) is 17.6. The van der Waals surface area contributed by atoms with Gasteiger partial charge >= 0.3 is 0 Å². The summed E-state index contributed by atoms with van der Waals surface area (Å²) in [4.78, 5) is 24.8. The van der Waals surface area contributed by atoms with Gasteiger partial charge in [-0.25, -0.2) is 0 Å². The van der Waals surface area contributed by atoms with Gasteiger partial charge in [-0.05, 0) is 29.7 Å². The van der Waals surface area contributed by atoms with Crippen molar-refractivity contribution in [1.29, 1.82) is 0 Å². The summed E-state index contributed by atoms with van der Waals surface area (Å²) < 4.78 is 0. The van der Waals surface area contributed by atoms with Gasteiger partial charge in [0.25, 0.3) is 0 Å². The molecule has 0 heterocycles. The van der Waals surface area contributed by atoms with Crippen molar-refractivity contribution in [3.63, 3.8) is 0 Å². The molecule has 0 radical (unpaired) electrons. The number of carbonyl (C=O) groups is 2. The van der Waals surface area contributed by atoms with Crippen LogP contribution in [-0.4, -0.2) is 11.8 Å². The van der Waals surface area contributed by atoms with Gasteiger partial charge < -0.3 is 10.6 Å². The van der Waals surface area contributed by atoms with Gasteiger partial charge in [0.15, 0.2) is 0 Å². The summed E-state index contributed by atoms with van der Waals surface area (Å²) in [7, 11) is 0. The van der Waals surface area contributed by atoms with Crippen LogP contribution in [0.25, 0.3) is 0 Å². The second-order valence-corrected chi connectivity index (χ2v) is 8.63. The molecule has 4 nitrogen and oxygen atoms in total. The Morgan fingerprint density at radius 1 is 0.815 bits per heavy atom. The number of hydrogen-bond donors (Lipinski definition) is 2. The Kier molecular flexibility index (Phi) is 6.42. The van der Waals surface area contributed by atoms with Crippen molar-refractivity contribution in [2.45, 2.75) is 47.6 Å². The van der Waals surface area contributed by atoms with Gasteiger partial charge in [-0.2, -0.15) is 0 Å². The molecule has 0 bridgehead atoms. The molecule has 0 atom stereocenters. The minimum Gasteiger partial charge on any atom is -0.352 e. The van der Waals surface area contributed by atoms with Gasteiger partial charge in [0.05, 0.1) is 0 Å². The normalized spacial score (nSPS) is 11.7. The fourth-order valence-electron chi connectivity index (χ4n) is 2.69. The van der Waals surface area contributed by atoms with Crippen LogP contribution in [0.4, 0.5) is 5.69 Å². The molecule has 2 aromatic carbocycles. The third-order valence-electron chi connectivity index (χ3n) is 4.42. The molecule has 0 saturated carbocycles. The molecule has 2 aromatic rings. The van der Waals surface area contributed by atoms with Crippen molar-refractivity contribution in [1.82, 2.24) is 5.32 Å². The first-order valence-corrected chi connectivity index (χ1v) is 9.30. The Bertz CT molecular complexity index is 790. The van der Waals surface area contributed by atoms with Crippen LogP contribution in [0.3, 0.4) is 0 Å². The summed E-state index contributed by atoms with van der Waals surface area (Å²) in [5, 5.41) is 5.96. The van der Waals surface area contributed by atoms with Crippen molar-refractivity contribution in [2.24, 2.45) is 10.8 Å². The minimum absolute atomic E-state index is 0.00971. The maximum Gasteiger partial charge on any atom is 0.229 e.